The number of nitrogens with zero attached hydrogens (tertiary/aromatic N) is 2. The molecule has 1 fully saturated rings. The van der Waals surface area contributed by atoms with E-state index >= 15 is 0 Å². The van der Waals surface area contributed by atoms with E-state index in [4.69, 9.17) is 4.74 Å². The Morgan fingerprint density at radius 2 is 1.60 bits per heavy atom. The summed E-state index contributed by atoms with van der Waals surface area (Å²) in [5.74, 6) is 0. The minimum absolute atomic E-state index is 0.0543. The highest BCUT2D eigenvalue weighted by atomic mass is 79.9. The molecule has 1 aromatic rings. The zero-order valence-corrected chi connectivity index (χ0v) is 21.3. The van der Waals surface area contributed by atoms with Crippen LogP contribution < -0.4 is 0 Å². The molecule has 0 N–H and O–H groups in total. The van der Waals surface area contributed by atoms with E-state index in [1.807, 2.05) is 0 Å². The van der Waals surface area contributed by atoms with Gasteiger partial charge in [-0.2, -0.15) is 4.31 Å². The Bertz CT molecular complexity index is 704. The van der Waals surface area contributed by atoms with Crippen LogP contribution in [0.2, 0.25) is 0 Å². The maximum absolute atomic E-state index is 12.9. The lowest BCUT2D eigenvalue weighted by Gasteiger charge is -2.34. The van der Waals surface area contributed by atoms with Gasteiger partial charge in [0.25, 0.3) is 0 Å². The van der Waals surface area contributed by atoms with Gasteiger partial charge in [0.05, 0.1) is 11.0 Å². The van der Waals surface area contributed by atoms with Crippen molar-refractivity contribution >= 4 is 26.0 Å². The highest BCUT2D eigenvalue weighted by molar-refractivity contribution is 9.10. The Morgan fingerprint density at radius 1 is 0.967 bits per heavy atom. The number of ether oxygens (including phenoxy) is 1. The van der Waals surface area contributed by atoms with Gasteiger partial charge in [0, 0.05) is 24.2 Å². The Hall–Kier alpha value is -0.470. The lowest BCUT2D eigenvalue weighted by atomic mass is 9.93. The molecule has 1 aliphatic carbocycles. The van der Waals surface area contributed by atoms with Crippen molar-refractivity contribution in [2.75, 3.05) is 33.8 Å². The second kappa shape index (κ2) is 13.2. The van der Waals surface area contributed by atoms with Crippen molar-refractivity contribution in [3.63, 3.8) is 0 Å². The Morgan fingerprint density at radius 3 is 2.23 bits per heavy atom. The zero-order valence-electron chi connectivity index (χ0n) is 18.9. The first-order chi connectivity index (χ1) is 14.3. The van der Waals surface area contributed by atoms with Crippen LogP contribution in [-0.4, -0.2) is 63.6 Å². The molecule has 0 spiro atoms. The van der Waals surface area contributed by atoms with Gasteiger partial charge in [0.2, 0.25) is 10.0 Å². The van der Waals surface area contributed by atoms with Crippen LogP contribution in [0.15, 0.2) is 33.6 Å². The van der Waals surface area contributed by atoms with Crippen LogP contribution >= 0.6 is 15.9 Å². The summed E-state index contributed by atoms with van der Waals surface area (Å²) in [7, 11) is 0.464. The lowest BCUT2D eigenvalue weighted by Crippen LogP contribution is -2.40. The molecular formula is C23H39BrN2O3S. The highest BCUT2D eigenvalue weighted by Gasteiger charge is 2.31. The SMILES string of the molecule is CCCN(C)CCCCCCO[C@H]1CC[C@H](N(C)S(=O)(=O)c2ccc(Br)cc2)CC1. The molecule has 30 heavy (non-hydrogen) atoms. The fourth-order valence-corrected chi connectivity index (χ4v) is 5.81. The molecule has 0 saturated heterocycles. The average Bonchev–Trinajstić information content (AvgIpc) is 2.73. The van der Waals surface area contributed by atoms with Gasteiger partial charge in [-0.05, 0) is 89.3 Å². The quantitative estimate of drug-likeness (QED) is 0.343. The summed E-state index contributed by atoms with van der Waals surface area (Å²) in [6, 6.07) is 6.92. The van der Waals surface area contributed by atoms with Crippen LogP contribution in [0.4, 0.5) is 0 Å². The van der Waals surface area contributed by atoms with E-state index in [-0.39, 0.29) is 12.1 Å². The van der Waals surface area contributed by atoms with Gasteiger partial charge in [-0.1, -0.05) is 35.7 Å². The molecule has 0 radical (unpaired) electrons. The van der Waals surface area contributed by atoms with E-state index < -0.39 is 10.0 Å². The topological polar surface area (TPSA) is 49.9 Å². The van der Waals surface area contributed by atoms with Gasteiger partial charge in [0.1, 0.15) is 0 Å². The molecule has 2 rings (SSSR count). The van der Waals surface area contributed by atoms with Crippen molar-refractivity contribution in [2.45, 2.75) is 81.8 Å². The summed E-state index contributed by atoms with van der Waals surface area (Å²) >= 11 is 3.36. The van der Waals surface area contributed by atoms with E-state index in [1.54, 1.807) is 35.6 Å². The molecule has 0 aliphatic heterocycles. The molecule has 1 aromatic carbocycles. The monoisotopic (exact) mass is 502 g/mol. The molecule has 1 aliphatic rings. The van der Waals surface area contributed by atoms with E-state index in [1.165, 1.54) is 38.8 Å². The fourth-order valence-electron chi connectivity index (χ4n) is 4.13. The third kappa shape index (κ3) is 8.23. The molecule has 172 valence electrons. The van der Waals surface area contributed by atoms with E-state index in [9.17, 15) is 8.42 Å². The largest absolute Gasteiger partial charge is 0.378 e. The lowest BCUT2D eigenvalue weighted by molar-refractivity contribution is 0.0156. The molecule has 0 amide bonds. The van der Waals surface area contributed by atoms with Crippen LogP contribution in [0.5, 0.6) is 0 Å². The molecule has 7 heteroatoms. The van der Waals surface area contributed by atoms with Gasteiger partial charge in [-0.3, -0.25) is 0 Å². The van der Waals surface area contributed by atoms with E-state index in [2.05, 4.69) is 34.8 Å². The third-order valence-corrected chi connectivity index (χ3v) is 8.49. The van der Waals surface area contributed by atoms with E-state index in [0.29, 0.717) is 4.90 Å². The molecule has 0 heterocycles. The zero-order chi connectivity index (χ0) is 22.0. The second-order valence-electron chi connectivity index (χ2n) is 8.49. The van der Waals surface area contributed by atoms with Crippen molar-refractivity contribution in [2.24, 2.45) is 0 Å². The number of hydrogen-bond acceptors (Lipinski definition) is 4. The van der Waals surface area contributed by atoms with Gasteiger partial charge in [-0.15, -0.1) is 0 Å². The average molecular weight is 504 g/mol. The smallest absolute Gasteiger partial charge is 0.243 e. The number of benzene rings is 1. The molecule has 5 nitrogen and oxygen atoms in total. The first-order valence-corrected chi connectivity index (χ1v) is 13.6. The van der Waals surface area contributed by atoms with Gasteiger partial charge in [0.15, 0.2) is 0 Å². The van der Waals surface area contributed by atoms with E-state index in [0.717, 1.165) is 43.2 Å². The third-order valence-electron chi connectivity index (χ3n) is 6.04. The predicted octanol–water partition coefficient (Wildman–Crippen LogP) is 5.30. The predicted molar refractivity (Wildman–Crippen MR) is 127 cm³/mol. The first-order valence-electron chi connectivity index (χ1n) is 11.4. The number of unbranched alkanes of at least 4 members (excludes halogenated alkanes) is 3. The molecule has 1 saturated carbocycles. The maximum atomic E-state index is 12.9. The molecule has 0 unspecified atom stereocenters. The highest BCUT2D eigenvalue weighted by Crippen LogP contribution is 2.28. The summed E-state index contributed by atoms with van der Waals surface area (Å²) < 4.78 is 34.3. The maximum Gasteiger partial charge on any atom is 0.243 e. The summed E-state index contributed by atoms with van der Waals surface area (Å²) in [4.78, 5) is 2.76. The molecular weight excluding hydrogens is 464 g/mol. The van der Waals surface area contributed by atoms with Crippen LogP contribution in [0.1, 0.15) is 64.7 Å². The standard InChI is InChI=1S/C23H39BrN2O3S/c1-4-17-25(2)18-7-5-6-8-19-29-22-13-11-21(12-14-22)26(3)30(27,28)23-15-9-20(24)10-16-23/h9-10,15-16,21-22H,4-8,11-14,17-19H2,1-3H3/t21-,22-. The number of sulfonamides is 1. The summed E-state index contributed by atoms with van der Waals surface area (Å²) in [6.07, 6.45) is 9.97. The summed E-state index contributed by atoms with van der Waals surface area (Å²) in [5, 5.41) is 0. The van der Waals surface area contributed by atoms with Crippen LogP contribution in [0, 0.1) is 0 Å². The van der Waals surface area contributed by atoms with Crippen molar-refractivity contribution < 1.29 is 13.2 Å². The normalized spacial score (nSPS) is 20.2. The van der Waals surface area contributed by atoms with Crippen LogP contribution in [-0.2, 0) is 14.8 Å². The Balaban J connectivity index is 1.63. The second-order valence-corrected chi connectivity index (χ2v) is 11.4. The minimum atomic E-state index is -3.44. The summed E-state index contributed by atoms with van der Waals surface area (Å²) in [6.45, 7) is 5.43. The van der Waals surface area contributed by atoms with Crippen LogP contribution in [0.3, 0.4) is 0 Å². The molecule has 0 bridgehead atoms. The van der Waals surface area contributed by atoms with Gasteiger partial charge in [-0.25, -0.2) is 8.42 Å². The fraction of sp³-hybridized carbons (Fsp3) is 0.739. The molecule has 0 aromatic heterocycles. The van der Waals surface area contributed by atoms with Crippen molar-refractivity contribution in [1.82, 2.24) is 9.21 Å². The Labute approximate surface area is 192 Å². The number of rotatable bonds is 13. The Kier molecular flexibility index (Phi) is 11.3. The number of halogens is 1. The summed E-state index contributed by atoms with van der Waals surface area (Å²) in [5.41, 5.74) is 0. The van der Waals surface area contributed by atoms with Crippen molar-refractivity contribution in [1.29, 1.82) is 0 Å². The van der Waals surface area contributed by atoms with Crippen molar-refractivity contribution in [3.05, 3.63) is 28.7 Å². The van der Waals surface area contributed by atoms with Gasteiger partial charge < -0.3 is 9.64 Å². The molecule has 0 atom stereocenters. The first kappa shape index (κ1) is 25.8. The minimum Gasteiger partial charge on any atom is -0.378 e. The van der Waals surface area contributed by atoms with Crippen molar-refractivity contribution in [3.8, 4) is 0 Å². The van der Waals surface area contributed by atoms with Crippen LogP contribution in [0.25, 0.3) is 0 Å². The van der Waals surface area contributed by atoms with Gasteiger partial charge >= 0.3 is 0 Å². The number of hydrogen-bond donors (Lipinski definition) is 0.